The van der Waals surface area contributed by atoms with Gasteiger partial charge in [-0.3, -0.25) is 9.36 Å². The summed E-state index contributed by atoms with van der Waals surface area (Å²) in [5.74, 6) is -0.409. The predicted octanol–water partition coefficient (Wildman–Crippen LogP) is 2.87. The quantitative estimate of drug-likeness (QED) is 0.318. The van der Waals surface area contributed by atoms with E-state index in [1.807, 2.05) is 0 Å². The van der Waals surface area contributed by atoms with Gasteiger partial charge in [0.1, 0.15) is 18.9 Å². The highest BCUT2D eigenvalue weighted by Crippen LogP contribution is 2.24. The Kier molecular flexibility index (Phi) is 7.79. The number of carbonyl (C=O) groups excluding carboxylic acids is 1. The van der Waals surface area contributed by atoms with Gasteiger partial charge in [0.15, 0.2) is 17.8 Å². The lowest BCUT2D eigenvalue weighted by Gasteiger charge is -2.15. The lowest BCUT2D eigenvalue weighted by molar-refractivity contribution is -0.207. The zero-order valence-electron chi connectivity index (χ0n) is 22.1. The Labute approximate surface area is 240 Å². The number of rotatable bonds is 8. The molecule has 42 heavy (non-hydrogen) atoms. The molecule has 2 aromatic carbocycles. The van der Waals surface area contributed by atoms with Crippen LogP contribution in [0.25, 0.3) is 17.1 Å². The number of hydrogen-bond acceptors (Lipinski definition) is 8. The number of aliphatic hydroxyl groups is 1. The molecule has 1 aliphatic rings. The van der Waals surface area contributed by atoms with Gasteiger partial charge in [-0.15, -0.1) is 10.2 Å². The van der Waals surface area contributed by atoms with Crippen LogP contribution in [0.3, 0.4) is 0 Å². The summed E-state index contributed by atoms with van der Waals surface area (Å²) in [5, 5.41) is 29.5. The van der Waals surface area contributed by atoms with Crippen LogP contribution in [0.4, 0.5) is 13.2 Å². The molecule has 0 unspecified atom stereocenters. The van der Waals surface area contributed by atoms with E-state index in [0.717, 1.165) is 9.25 Å². The van der Waals surface area contributed by atoms with Crippen LogP contribution in [0.1, 0.15) is 30.0 Å². The molecule has 3 heterocycles. The zero-order chi connectivity index (χ0) is 30.2. The minimum absolute atomic E-state index is 0.0951. The van der Waals surface area contributed by atoms with Gasteiger partial charge in [0.2, 0.25) is 0 Å². The molecule has 0 fully saturated rings. The van der Waals surface area contributed by atoms with E-state index in [-0.39, 0.29) is 23.8 Å². The summed E-state index contributed by atoms with van der Waals surface area (Å²) < 4.78 is 42.4. The second-order valence-electron chi connectivity index (χ2n) is 9.45. The molecule has 218 valence electrons. The van der Waals surface area contributed by atoms with Crippen molar-refractivity contribution in [3.63, 3.8) is 0 Å². The minimum Gasteiger partial charge on any atom is -0.382 e. The summed E-state index contributed by atoms with van der Waals surface area (Å²) in [6.45, 7) is 2.14. The number of carbonyl (C=O) groups is 1. The van der Waals surface area contributed by atoms with Gasteiger partial charge in [-0.05, 0) is 50.2 Å². The van der Waals surface area contributed by atoms with Gasteiger partial charge in [0.25, 0.3) is 5.91 Å². The molecule has 2 N–H and O–H groups in total. The predicted molar refractivity (Wildman–Crippen MR) is 147 cm³/mol. The van der Waals surface area contributed by atoms with Crippen LogP contribution in [-0.4, -0.2) is 69.9 Å². The van der Waals surface area contributed by atoms with E-state index in [1.165, 1.54) is 35.3 Å². The second-order valence-corrected chi connectivity index (χ2v) is 9.89. The van der Waals surface area contributed by atoms with E-state index < -0.39 is 36.5 Å². The molecule has 0 aliphatic carbocycles. The number of nitrogens with one attached hydrogen (secondary N) is 1. The lowest BCUT2D eigenvalue weighted by atomic mass is 10.1. The van der Waals surface area contributed by atoms with Gasteiger partial charge in [-0.1, -0.05) is 23.7 Å². The van der Waals surface area contributed by atoms with Gasteiger partial charge in [0.05, 0.1) is 29.2 Å². The van der Waals surface area contributed by atoms with Crippen LogP contribution >= 0.6 is 11.6 Å². The van der Waals surface area contributed by atoms with Crippen LogP contribution in [-0.2, 0) is 13.1 Å². The molecular formula is C26H23ClF3N9O3. The van der Waals surface area contributed by atoms with E-state index in [2.05, 4.69) is 30.7 Å². The summed E-state index contributed by atoms with van der Waals surface area (Å²) in [4.78, 5) is 30.5. The van der Waals surface area contributed by atoms with Crippen molar-refractivity contribution in [2.45, 2.75) is 45.3 Å². The van der Waals surface area contributed by atoms with Crippen molar-refractivity contribution < 1.29 is 23.1 Å². The van der Waals surface area contributed by atoms with E-state index in [4.69, 9.17) is 11.6 Å². The zero-order valence-corrected chi connectivity index (χ0v) is 22.9. The Morgan fingerprint density at radius 1 is 1.07 bits per heavy atom. The molecule has 1 amide bonds. The van der Waals surface area contributed by atoms with Crippen LogP contribution < -0.4 is 11.0 Å². The fraction of sp³-hybridized carbons (Fsp3) is 0.269. The van der Waals surface area contributed by atoms with Crippen LogP contribution in [0, 0.1) is 0 Å². The third-order valence-electron chi connectivity index (χ3n) is 6.46. The molecule has 0 spiro atoms. The van der Waals surface area contributed by atoms with Gasteiger partial charge >= 0.3 is 11.9 Å². The number of aromatic nitrogens is 6. The van der Waals surface area contributed by atoms with E-state index in [9.17, 15) is 27.9 Å². The van der Waals surface area contributed by atoms with Gasteiger partial charge in [-0.25, -0.2) is 19.1 Å². The van der Waals surface area contributed by atoms with Crippen molar-refractivity contribution in [2.75, 3.05) is 0 Å². The van der Waals surface area contributed by atoms with E-state index in [1.54, 1.807) is 38.1 Å². The number of alkyl halides is 3. The number of halogens is 4. The summed E-state index contributed by atoms with van der Waals surface area (Å²) >= 11 is 5.93. The first kappa shape index (κ1) is 28.9. The maximum atomic E-state index is 13.2. The number of benzene rings is 2. The van der Waals surface area contributed by atoms with Crippen molar-refractivity contribution in [3.8, 4) is 17.1 Å². The number of amides is 1. The highest BCUT2D eigenvalue weighted by atomic mass is 35.5. The molecule has 0 bridgehead atoms. The SMILES string of the molecule is CC1=NN=C(C)C1NC(=O)c1ccccc1-n1cnc(Cn2nc(-c3ccc(Cl)cc3)n(C[C@H](O)C(F)(F)F)c2=O)n1. The number of nitrogens with zero attached hydrogens (tertiary/aromatic N) is 8. The maximum absolute atomic E-state index is 13.2. The molecular weight excluding hydrogens is 579 g/mol. The smallest absolute Gasteiger partial charge is 0.382 e. The molecule has 0 saturated heterocycles. The molecule has 0 saturated carbocycles. The van der Waals surface area contributed by atoms with Crippen LogP contribution in [0.5, 0.6) is 0 Å². The first-order chi connectivity index (χ1) is 19.9. The average molecular weight is 602 g/mol. The molecule has 16 heteroatoms. The average Bonchev–Trinajstić information content (AvgIpc) is 3.63. The van der Waals surface area contributed by atoms with Crippen molar-refractivity contribution in [1.82, 2.24) is 34.4 Å². The number of aliphatic hydroxyl groups excluding tert-OH is 1. The molecule has 1 atom stereocenters. The summed E-state index contributed by atoms with van der Waals surface area (Å²) in [6, 6.07) is 12.2. The van der Waals surface area contributed by atoms with Crippen molar-refractivity contribution in [3.05, 3.63) is 81.8 Å². The minimum atomic E-state index is -4.95. The van der Waals surface area contributed by atoms with E-state index >= 15 is 0 Å². The molecule has 2 aromatic heterocycles. The lowest BCUT2D eigenvalue weighted by Crippen LogP contribution is -2.43. The Hall–Kier alpha value is -4.63. The van der Waals surface area contributed by atoms with Crippen molar-refractivity contribution in [2.24, 2.45) is 10.2 Å². The monoisotopic (exact) mass is 601 g/mol. The van der Waals surface area contributed by atoms with Gasteiger partial charge in [0, 0.05) is 10.6 Å². The Morgan fingerprint density at radius 2 is 1.74 bits per heavy atom. The highest BCUT2D eigenvalue weighted by molar-refractivity contribution is 6.30. The standard InChI is InChI=1S/C26H23ClF3N9O3/c1-14-22(15(2)34-33-14)32-24(41)18-5-3-4-6-19(18)39-13-31-21(35-39)12-38-25(42)37(11-20(40)26(28,29)30)23(36-38)16-7-9-17(27)10-8-16/h3-10,13,20,22,40H,11-12H2,1-2H3,(H,32,41)/t20-/m0/s1. The molecule has 12 nitrogen and oxygen atoms in total. The van der Waals surface area contributed by atoms with Gasteiger partial charge in [-0.2, -0.15) is 23.4 Å². The first-order valence-electron chi connectivity index (χ1n) is 12.5. The normalized spacial score (nSPS) is 14.5. The summed E-state index contributed by atoms with van der Waals surface area (Å²) in [5.41, 5.74) is 1.37. The second kappa shape index (κ2) is 11.3. The Bertz CT molecular complexity index is 1740. The van der Waals surface area contributed by atoms with Gasteiger partial charge < -0.3 is 10.4 Å². The Balaban J connectivity index is 1.44. The summed E-state index contributed by atoms with van der Waals surface area (Å²) in [7, 11) is 0. The fourth-order valence-electron chi connectivity index (χ4n) is 4.28. The van der Waals surface area contributed by atoms with Crippen LogP contribution in [0.15, 0.2) is 69.9 Å². The molecule has 4 aromatic rings. The molecule has 0 radical (unpaired) electrons. The maximum Gasteiger partial charge on any atom is 0.416 e. The van der Waals surface area contributed by atoms with Crippen LogP contribution in [0.2, 0.25) is 5.02 Å². The topological polar surface area (TPSA) is 145 Å². The van der Waals surface area contributed by atoms with Crippen molar-refractivity contribution >= 4 is 28.9 Å². The number of hydrogen-bond donors (Lipinski definition) is 2. The van der Waals surface area contributed by atoms with E-state index in [0.29, 0.717) is 27.7 Å². The molecule has 5 rings (SSSR count). The summed E-state index contributed by atoms with van der Waals surface area (Å²) in [6.07, 6.45) is -6.41. The van der Waals surface area contributed by atoms with Crippen molar-refractivity contribution in [1.29, 1.82) is 0 Å². The fourth-order valence-corrected chi connectivity index (χ4v) is 4.40. The first-order valence-corrected chi connectivity index (χ1v) is 12.9. The molecule has 1 aliphatic heterocycles. The third kappa shape index (κ3) is 5.87. The Morgan fingerprint density at radius 3 is 2.40 bits per heavy atom. The number of para-hydroxylation sites is 1. The largest absolute Gasteiger partial charge is 0.416 e. The third-order valence-corrected chi connectivity index (χ3v) is 6.71. The highest BCUT2D eigenvalue weighted by Gasteiger charge is 2.39.